The van der Waals surface area contributed by atoms with Crippen LogP contribution in [0.25, 0.3) is 0 Å². The molecule has 1 saturated carbocycles. The number of phosphoric ester groups is 1. The minimum atomic E-state index is -5.38. The number of phosphoric acid groups is 1. The molecule has 2 fully saturated rings. The molecule has 0 amide bonds. The van der Waals surface area contributed by atoms with Crippen molar-refractivity contribution in [3.63, 3.8) is 0 Å². The summed E-state index contributed by atoms with van der Waals surface area (Å²) in [7, 11) is -5.38. The maximum absolute atomic E-state index is 13.4. The van der Waals surface area contributed by atoms with Gasteiger partial charge >= 0.3 is 19.8 Å². The molecule has 13 unspecified atom stereocenters. The average molecular weight is 1010 g/mol. The number of esters is 2. The number of hydrogen-bond donors (Lipinski definition) is 9. The van der Waals surface area contributed by atoms with Gasteiger partial charge in [-0.15, -0.1) is 0 Å². The van der Waals surface area contributed by atoms with Crippen molar-refractivity contribution in [1.82, 2.24) is 0 Å². The average Bonchev–Trinajstić information content (AvgIpc) is 3.33. The molecule has 0 radical (unpaired) electrons. The summed E-state index contributed by atoms with van der Waals surface area (Å²) >= 11 is 0. The van der Waals surface area contributed by atoms with Crippen LogP contribution in [0.2, 0.25) is 0 Å². The molecule has 9 N–H and O–H groups in total. The minimum absolute atomic E-state index is 0.0254. The predicted octanol–water partition coefficient (Wildman–Crippen LogP) is 6.27. The van der Waals surface area contributed by atoms with Crippen LogP contribution in [0.3, 0.4) is 0 Å². The molecule has 2 rings (SSSR count). The van der Waals surface area contributed by atoms with Crippen LogP contribution in [0.5, 0.6) is 0 Å². The zero-order chi connectivity index (χ0) is 50.9. The fraction of sp³-hybridized carbons (Fsp3) is 0.880. The van der Waals surface area contributed by atoms with Crippen molar-refractivity contribution in [2.45, 2.75) is 261 Å². The quantitative estimate of drug-likeness (QED) is 0.0141. The molecule has 19 heteroatoms. The molecule has 404 valence electrons. The maximum Gasteiger partial charge on any atom is 0.472 e. The number of allylic oxidation sites excluding steroid dienone is 4. The molecule has 18 nitrogen and oxygen atoms in total. The number of carbonyl (C=O) groups is 2. The Balaban J connectivity index is 1.94. The summed E-state index contributed by atoms with van der Waals surface area (Å²) in [5.41, 5.74) is 0. The van der Waals surface area contributed by atoms with Crippen molar-refractivity contribution in [3.8, 4) is 0 Å². The second-order valence-corrected chi connectivity index (χ2v) is 20.1. The largest absolute Gasteiger partial charge is 0.472 e. The van der Waals surface area contributed by atoms with Crippen LogP contribution in [0.1, 0.15) is 187 Å². The molecule has 0 aromatic carbocycles. The number of aliphatic hydroxyl groups is 8. The van der Waals surface area contributed by atoms with E-state index in [2.05, 4.69) is 38.2 Å². The van der Waals surface area contributed by atoms with E-state index in [0.717, 1.165) is 77.0 Å². The first-order valence-corrected chi connectivity index (χ1v) is 27.7. The highest BCUT2D eigenvalue weighted by molar-refractivity contribution is 7.47. The number of ether oxygens (including phenoxy) is 4. The van der Waals surface area contributed by atoms with E-state index in [0.29, 0.717) is 12.8 Å². The third-order valence-corrected chi connectivity index (χ3v) is 13.6. The standard InChI is InChI=1S/C50H91O18P/c1-3-5-7-9-11-13-15-17-19-21-23-25-27-29-31-33-40(53)65-37(35-63-39(52)32-30-28-26-24-22-20-18-16-14-12-10-8-6-4-2)36-64-69(61,62)68-49-46(59)44(57)43(56)45(58)48(49)67-50-47(60)42(55)41(54)38(34-51)66-50/h13,15,20,22,37-38,41-51,54-60H,3-12,14,16-19,21,23-36H2,1-2H3,(H,61,62). The highest BCUT2D eigenvalue weighted by atomic mass is 31.2. The molecule has 1 saturated heterocycles. The van der Waals surface area contributed by atoms with Crippen LogP contribution in [0.15, 0.2) is 24.3 Å². The topological polar surface area (TPSA) is 289 Å². The van der Waals surface area contributed by atoms with Gasteiger partial charge in [-0.25, -0.2) is 4.57 Å². The Kier molecular flexibility index (Phi) is 34.7. The summed E-state index contributed by atoms with van der Waals surface area (Å²) in [6.45, 7) is 2.20. The number of rotatable bonds is 40. The highest BCUT2D eigenvalue weighted by Gasteiger charge is 2.55. The summed E-state index contributed by atoms with van der Waals surface area (Å²) in [5, 5.41) is 83.0. The molecular formula is C50H91O18P. The second-order valence-electron chi connectivity index (χ2n) is 18.7. The van der Waals surface area contributed by atoms with E-state index in [4.69, 9.17) is 28.0 Å². The molecule has 13 atom stereocenters. The van der Waals surface area contributed by atoms with Gasteiger partial charge in [-0.1, -0.05) is 134 Å². The van der Waals surface area contributed by atoms with E-state index in [1.54, 1.807) is 0 Å². The molecule has 69 heavy (non-hydrogen) atoms. The summed E-state index contributed by atoms with van der Waals surface area (Å²) < 4.78 is 45.5. The summed E-state index contributed by atoms with van der Waals surface area (Å²) in [6.07, 6.45) is 12.6. The van der Waals surface area contributed by atoms with Gasteiger partial charge in [-0.05, 0) is 64.2 Å². The van der Waals surface area contributed by atoms with E-state index in [-0.39, 0.29) is 12.8 Å². The van der Waals surface area contributed by atoms with Crippen LogP contribution in [-0.2, 0) is 42.1 Å². The zero-order valence-corrected chi connectivity index (χ0v) is 42.5. The van der Waals surface area contributed by atoms with Crippen LogP contribution in [0, 0.1) is 0 Å². The van der Waals surface area contributed by atoms with Gasteiger partial charge in [0.25, 0.3) is 0 Å². The maximum atomic E-state index is 13.4. The Labute approximate surface area is 411 Å². The molecule has 0 aromatic rings. The molecular weight excluding hydrogens is 920 g/mol. The van der Waals surface area contributed by atoms with Gasteiger partial charge in [0.15, 0.2) is 12.4 Å². The monoisotopic (exact) mass is 1010 g/mol. The number of unbranched alkanes of at least 4 members (excludes halogenated alkanes) is 21. The van der Waals surface area contributed by atoms with Crippen molar-refractivity contribution >= 4 is 19.8 Å². The molecule has 2 aliphatic rings. The van der Waals surface area contributed by atoms with Crippen LogP contribution in [0.4, 0.5) is 0 Å². The van der Waals surface area contributed by atoms with Crippen molar-refractivity contribution in [2.24, 2.45) is 0 Å². The molecule has 0 bridgehead atoms. The van der Waals surface area contributed by atoms with Gasteiger partial charge in [0.05, 0.1) is 13.2 Å². The first-order chi connectivity index (χ1) is 33.2. The Morgan fingerprint density at radius 2 is 0.957 bits per heavy atom. The lowest BCUT2D eigenvalue weighted by Gasteiger charge is -2.47. The normalized spacial score (nSPS) is 27.7. The van der Waals surface area contributed by atoms with Gasteiger partial charge in [0, 0.05) is 12.8 Å². The Hall–Kier alpha value is -1.87. The van der Waals surface area contributed by atoms with Crippen molar-refractivity contribution < 1.29 is 87.9 Å². The summed E-state index contributed by atoms with van der Waals surface area (Å²) in [5.74, 6) is -1.24. The van der Waals surface area contributed by atoms with Gasteiger partial charge < -0.3 is 64.7 Å². The number of hydrogen-bond acceptors (Lipinski definition) is 17. The Morgan fingerprint density at radius 3 is 1.46 bits per heavy atom. The first kappa shape index (κ1) is 63.2. The molecule has 1 aliphatic carbocycles. The molecule has 1 heterocycles. The highest BCUT2D eigenvalue weighted by Crippen LogP contribution is 2.48. The van der Waals surface area contributed by atoms with E-state index in [1.165, 1.54) is 70.6 Å². The zero-order valence-electron chi connectivity index (χ0n) is 41.6. The molecule has 0 aromatic heterocycles. The Bertz CT molecular complexity index is 1430. The third-order valence-electron chi connectivity index (χ3n) is 12.6. The predicted molar refractivity (Wildman–Crippen MR) is 258 cm³/mol. The summed E-state index contributed by atoms with van der Waals surface area (Å²) in [6, 6.07) is 0. The molecule has 0 spiro atoms. The van der Waals surface area contributed by atoms with Gasteiger partial charge in [-0.3, -0.25) is 18.6 Å². The van der Waals surface area contributed by atoms with Crippen molar-refractivity contribution in [2.75, 3.05) is 19.8 Å². The SMILES string of the molecule is CCCCCCC=CCCCCCCCCCC(=O)OC(COC(=O)CCCCCC=CCCCCCCCCC)COP(=O)(O)OC1C(O)C(O)C(O)C(O)C1OC1OC(CO)C(O)C(O)C1O. The first-order valence-electron chi connectivity index (χ1n) is 26.2. The van der Waals surface area contributed by atoms with E-state index >= 15 is 0 Å². The van der Waals surface area contributed by atoms with E-state index in [9.17, 15) is 59.9 Å². The van der Waals surface area contributed by atoms with Crippen molar-refractivity contribution in [3.05, 3.63) is 24.3 Å². The van der Waals surface area contributed by atoms with Crippen LogP contribution in [-0.4, -0.2) is 151 Å². The number of carbonyl (C=O) groups excluding carboxylic acids is 2. The smallest absolute Gasteiger partial charge is 0.462 e. The lowest BCUT2D eigenvalue weighted by Crippen LogP contribution is -2.67. The van der Waals surface area contributed by atoms with Gasteiger partial charge in [-0.2, -0.15) is 0 Å². The summed E-state index contributed by atoms with van der Waals surface area (Å²) in [4.78, 5) is 36.6. The van der Waals surface area contributed by atoms with E-state index in [1.807, 2.05) is 0 Å². The number of aliphatic hydroxyl groups excluding tert-OH is 8. The third kappa shape index (κ3) is 26.6. The van der Waals surface area contributed by atoms with E-state index < -0.39 is 113 Å². The van der Waals surface area contributed by atoms with Crippen LogP contribution >= 0.6 is 7.82 Å². The minimum Gasteiger partial charge on any atom is -0.462 e. The van der Waals surface area contributed by atoms with Crippen molar-refractivity contribution in [1.29, 1.82) is 0 Å². The lowest BCUT2D eigenvalue weighted by molar-refractivity contribution is -0.338. The fourth-order valence-corrected chi connectivity index (χ4v) is 9.25. The second kappa shape index (κ2) is 37.8. The van der Waals surface area contributed by atoms with Crippen LogP contribution < -0.4 is 0 Å². The van der Waals surface area contributed by atoms with Gasteiger partial charge in [0.2, 0.25) is 0 Å². The Morgan fingerprint density at radius 1 is 0.536 bits per heavy atom. The lowest BCUT2D eigenvalue weighted by atomic mass is 9.84. The van der Waals surface area contributed by atoms with Gasteiger partial charge in [0.1, 0.15) is 67.6 Å². The molecule has 1 aliphatic heterocycles. The fourth-order valence-electron chi connectivity index (χ4n) is 8.28.